The lowest BCUT2D eigenvalue weighted by Crippen LogP contribution is -2.42. The minimum atomic E-state index is -0.559. The first-order chi connectivity index (χ1) is 19.0. The van der Waals surface area contributed by atoms with Crippen molar-refractivity contribution in [3.05, 3.63) is 111 Å². The summed E-state index contributed by atoms with van der Waals surface area (Å²) in [7, 11) is 0. The number of carbonyl (C=O) groups is 1. The van der Waals surface area contributed by atoms with Crippen molar-refractivity contribution < 1.29 is 18.7 Å². The molecule has 0 radical (unpaired) electrons. The van der Waals surface area contributed by atoms with E-state index in [9.17, 15) is 9.59 Å². The van der Waals surface area contributed by atoms with Crippen molar-refractivity contribution in [1.82, 2.24) is 9.80 Å². The van der Waals surface area contributed by atoms with Gasteiger partial charge in [-0.3, -0.25) is 14.5 Å². The molecule has 7 nitrogen and oxygen atoms in total. The zero-order valence-corrected chi connectivity index (χ0v) is 22.3. The number of nitrogens with zero attached hydrogens (tertiary/aromatic N) is 2. The van der Waals surface area contributed by atoms with Crippen molar-refractivity contribution in [2.45, 2.75) is 26.5 Å². The fraction of sp³-hybridized carbons (Fsp3) is 0.312. The Morgan fingerprint density at radius 2 is 1.67 bits per heavy atom. The van der Waals surface area contributed by atoms with Gasteiger partial charge in [0.2, 0.25) is 5.76 Å². The first-order valence-corrected chi connectivity index (χ1v) is 13.5. The zero-order valence-electron chi connectivity index (χ0n) is 22.3. The van der Waals surface area contributed by atoms with E-state index in [2.05, 4.69) is 4.90 Å². The smallest absolute Gasteiger partial charge is 0.290 e. The lowest BCUT2D eigenvalue weighted by Gasteiger charge is -2.31. The molecule has 1 saturated heterocycles. The molecule has 7 heteroatoms. The molecule has 1 atom stereocenters. The van der Waals surface area contributed by atoms with Crippen molar-refractivity contribution in [1.29, 1.82) is 0 Å². The van der Waals surface area contributed by atoms with Crippen molar-refractivity contribution in [3.8, 4) is 5.75 Å². The van der Waals surface area contributed by atoms with Crippen LogP contribution in [-0.4, -0.2) is 55.1 Å². The van der Waals surface area contributed by atoms with Crippen LogP contribution in [0.3, 0.4) is 0 Å². The standard InChI is InChI=1S/C32H32N2O5/c1-21-17-26-27(18-22(21)2)39-31-28(30(26)35)29(34(32(31)36)12-11-33-13-15-37-16-14-33)24-9-6-10-25(19-24)38-20-23-7-4-3-5-8-23/h3-10,17-19,29H,11-16,20H2,1-2H3. The molecule has 1 unspecified atom stereocenters. The second kappa shape index (κ2) is 10.7. The Labute approximate surface area is 227 Å². The Morgan fingerprint density at radius 1 is 0.897 bits per heavy atom. The highest BCUT2D eigenvalue weighted by atomic mass is 16.5. The van der Waals surface area contributed by atoms with E-state index in [-0.39, 0.29) is 17.1 Å². The molecule has 0 saturated carbocycles. The quantitative estimate of drug-likeness (QED) is 0.344. The Kier molecular flexibility index (Phi) is 6.94. The van der Waals surface area contributed by atoms with Crippen LogP contribution in [-0.2, 0) is 11.3 Å². The highest BCUT2D eigenvalue weighted by molar-refractivity contribution is 5.99. The number of rotatable bonds is 7. The van der Waals surface area contributed by atoms with Gasteiger partial charge in [0.15, 0.2) is 5.43 Å². The number of hydrogen-bond donors (Lipinski definition) is 0. The molecular formula is C32H32N2O5. The van der Waals surface area contributed by atoms with Gasteiger partial charge in [-0.2, -0.15) is 0 Å². The highest BCUT2D eigenvalue weighted by Crippen LogP contribution is 2.39. The number of morpholine rings is 1. The predicted octanol–water partition coefficient (Wildman–Crippen LogP) is 4.87. The number of hydrogen-bond acceptors (Lipinski definition) is 6. The summed E-state index contributed by atoms with van der Waals surface area (Å²) in [6.45, 7) is 8.55. The maximum atomic E-state index is 14.0. The molecule has 6 rings (SSSR count). The first kappa shape index (κ1) is 25.3. The van der Waals surface area contributed by atoms with Gasteiger partial charge in [-0.15, -0.1) is 0 Å². The topological polar surface area (TPSA) is 72.2 Å². The first-order valence-electron chi connectivity index (χ1n) is 13.5. The van der Waals surface area contributed by atoms with E-state index in [1.165, 1.54) is 0 Å². The molecule has 0 aliphatic carbocycles. The Bertz CT molecular complexity index is 1570. The van der Waals surface area contributed by atoms with Crippen LogP contribution in [0.4, 0.5) is 0 Å². The second-order valence-corrected chi connectivity index (χ2v) is 10.3. The average molecular weight is 525 g/mol. The summed E-state index contributed by atoms with van der Waals surface area (Å²) >= 11 is 0. The van der Waals surface area contributed by atoms with Crippen molar-refractivity contribution >= 4 is 16.9 Å². The molecule has 0 spiro atoms. The van der Waals surface area contributed by atoms with Gasteiger partial charge in [-0.1, -0.05) is 42.5 Å². The van der Waals surface area contributed by atoms with E-state index in [1.807, 2.05) is 80.6 Å². The minimum absolute atomic E-state index is 0.137. The van der Waals surface area contributed by atoms with Gasteiger partial charge in [0.05, 0.1) is 30.2 Å². The third-order valence-corrected chi connectivity index (χ3v) is 7.77. The lowest BCUT2D eigenvalue weighted by molar-refractivity contribution is 0.0314. The Balaban J connectivity index is 1.39. The molecule has 1 fully saturated rings. The van der Waals surface area contributed by atoms with Crippen LogP contribution < -0.4 is 10.2 Å². The van der Waals surface area contributed by atoms with Crippen molar-refractivity contribution in [2.24, 2.45) is 0 Å². The van der Waals surface area contributed by atoms with Gasteiger partial charge in [-0.25, -0.2) is 0 Å². The van der Waals surface area contributed by atoms with Crippen LogP contribution in [0.1, 0.15) is 44.4 Å². The molecule has 0 N–H and O–H groups in total. The third-order valence-electron chi connectivity index (χ3n) is 7.77. The summed E-state index contributed by atoms with van der Waals surface area (Å²) in [5.41, 5.74) is 4.61. The largest absolute Gasteiger partial charge is 0.489 e. The molecule has 2 aliphatic heterocycles. The maximum Gasteiger partial charge on any atom is 0.290 e. The molecule has 1 aromatic heterocycles. The third kappa shape index (κ3) is 4.95. The highest BCUT2D eigenvalue weighted by Gasteiger charge is 2.43. The molecule has 39 heavy (non-hydrogen) atoms. The van der Waals surface area contributed by atoms with Gasteiger partial charge in [0.1, 0.15) is 17.9 Å². The Hall–Kier alpha value is -3.94. The summed E-state index contributed by atoms with van der Waals surface area (Å²) in [5, 5.41) is 0.501. The Morgan fingerprint density at radius 3 is 2.46 bits per heavy atom. The molecule has 200 valence electrons. The number of ether oxygens (including phenoxy) is 2. The van der Waals surface area contributed by atoms with E-state index in [0.717, 1.165) is 35.3 Å². The molecular weight excluding hydrogens is 492 g/mol. The summed E-state index contributed by atoms with van der Waals surface area (Å²) in [6.07, 6.45) is 0. The number of aryl methyl sites for hydroxylation is 2. The van der Waals surface area contributed by atoms with Crippen LogP contribution in [0, 0.1) is 13.8 Å². The maximum absolute atomic E-state index is 14.0. The summed E-state index contributed by atoms with van der Waals surface area (Å²) in [6, 6.07) is 20.8. The number of amides is 1. The minimum Gasteiger partial charge on any atom is -0.489 e. The SMILES string of the molecule is Cc1cc2oc3c(c(=O)c2cc1C)C(c1cccc(OCc2ccccc2)c1)N(CCN1CCOCC1)C3=O. The van der Waals surface area contributed by atoms with Crippen molar-refractivity contribution in [2.75, 3.05) is 39.4 Å². The van der Waals surface area contributed by atoms with E-state index in [1.54, 1.807) is 4.90 Å². The molecule has 2 aliphatic rings. The van der Waals surface area contributed by atoms with Crippen LogP contribution in [0.15, 0.2) is 75.9 Å². The molecule has 1 amide bonds. The molecule has 4 aromatic rings. The van der Waals surface area contributed by atoms with Crippen LogP contribution in [0.25, 0.3) is 11.0 Å². The van der Waals surface area contributed by atoms with Crippen LogP contribution in [0.5, 0.6) is 5.75 Å². The predicted molar refractivity (Wildman–Crippen MR) is 149 cm³/mol. The average Bonchev–Trinajstić information content (AvgIpc) is 3.24. The fourth-order valence-electron chi connectivity index (χ4n) is 5.44. The van der Waals surface area contributed by atoms with Crippen LogP contribution in [0.2, 0.25) is 0 Å². The fourth-order valence-corrected chi connectivity index (χ4v) is 5.44. The molecule has 0 bridgehead atoms. The number of carbonyl (C=O) groups excluding carboxylic acids is 1. The normalized spacial score (nSPS) is 17.5. The second-order valence-electron chi connectivity index (χ2n) is 10.3. The van der Waals surface area contributed by atoms with Gasteiger partial charge >= 0.3 is 0 Å². The van der Waals surface area contributed by atoms with Gasteiger partial charge in [0.25, 0.3) is 5.91 Å². The summed E-state index contributed by atoms with van der Waals surface area (Å²) in [5.74, 6) is 0.566. The zero-order chi connectivity index (χ0) is 26.9. The number of fused-ring (bicyclic) bond motifs is 2. The van der Waals surface area contributed by atoms with Gasteiger partial charge in [-0.05, 0) is 60.4 Å². The molecule has 3 heterocycles. The number of benzene rings is 3. The van der Waals surface area contributed by atoms with Gasteiger partial charge in [0, 0.05) is 26.2 Å². The van der Waals surface area contributed by atoms with Gasteiger partial charge < -0.3 is 18.8 Å². The molecule has 3 aromatic carbocycles. The van der Waals surface area contributed by atoms with E-state index in [0.29, 0.717) is 55.2 Å². The monoisotopic (exact) mass is 524 g/mol. The van der Waals surface area contributed by atoms with E-state index < -0.39 is 6.04 Å². The summed E-state index contributed by atoms with van der Waals surface area (Å²) in [4.78, 5) is 31.8. The lowest BCUT2D eigenvalue weighted by atomic mass is 9.97. The van der Waals surface area contributed by atoms with Crippen LogP contribution >= 0.6 is 0 Å². The summed E-state index contributed by atoms with van der Waals surface area (Å²) < 4.78 is 17.8. The van der Waals surface area contributed by atoms with E-state index >= 15 is 0 Å². The van der Waals surface area contributed by atoms with Crippen molar-refractivity contribution in [3.63, 3.8) is 0 Å². The van der Waals surface area contributed by atoms with E-state index in [4.69, 9.17) is 13.9 Å².